The maximum atomic E-state index is 10.6. The van der Waals surface area contributed by atoms with E-state index in [1.165, 1.54) is 6.08 Å². The van der Waals surface area contributed by atoms with E-state index in [-0.39, 0.29) is 5.97 Å². The van der Waals surface area contributed by atoms with E-state index in [2.05, 4.69) is 16.8 Å². The van der Waals surface area contributed by atoms with E-state index < -0.39 is 0 Å². The molecule has 13 heavy (non-hydrogen) atoms. The average molecular weight is 186 g/mol. The Hall–Kier alpha value is -0.870. The van der Waals surface area contributed by atoms with Crippen LogP contribution in [0.15, 0.2) is 12.7 Å². The van der Waals surface area contributed by atoms with Crippen LogP contribution in [-0.2, 0) is 9.53 Å². The molecule has 4 nitrogen and oxygen atoms in total. The zero-order valence-electron chi connectivity index (χ0n) is 8.38. The normalized spacial score (nSPS) is 10.1. The van der Waals surface area contributed by atoms with Crippen molar-refractivity contribution in [2.24, 2.45) is 0 Å². The summed E-state index contributed by atoms with van der Waals surface area (Å²) in [6, 6.07) is 0. The molecule has 0 fully saturated rings. The lowest BCUT2D eigenvalue weighted by Crippen LogP contribution is -2.29. The highest BCUT2D eigenvalue weighted by Crippen LogP contribution is 1.77. The zero-order valence-corrected chi connectivity index (χ0v) is 8.38. The predicted molar refractivity (Wildman–Crippen MR) is 52.6 cm³/mol. The number of nitrogens with zero attached hydrogens (tertiary/aromatic N) is 1. The second-order valence-corrected chi connectivity index (χ2v) is 2.92. The third kappa shape index (κ3) is 9.04. The first-order valence-electron chi connectivity index (χ1n) is 4.31. The molecule has 0 rings (SSSR count). The molecular formula is C9H18N2O2. The molecule has 1 N–H and O–H groups in total. The highest BCUT2D eigenvalue weighted by Gasteiger charge is 1.94. The topological polar surface area (TPSA) is 41.6 Å². The summed E-state index contributed by atoms with van der Waals surface area (Å²) in [5, 5.41) is 3.14. The maximum absolute atomic E-state index is 10.6. The Morgan fingerprint density at radius 3 is 2.77 bits per heavy atom. The molecule has 0 atom stereocenters. The molecule has 0 heterocycles. The maximum Gasteiger partial charge on any atom is 0.330 e. The summed E-state index contributed by atoms with van der Waals surface area (Å²) in [5.74, 6) is -0.366. The minimum Gasteiger partial charge on any atom is -0.461 e. The molecule has 0 bridgehead atoms. The lowest BCUT2D eigenvalue weighted by Gasteiger charge is -2.09. The molecule has 0 radical (unpaired) electrons. The summed E-state index contributed by atoms with van der Waals surface area (Å²) >= 11 is 0. The van der Waals surface area contributed by atoms with Gasteiger partial charge in [-0.1, -0.05) is 6.58 Å². The molecule has 0 unspecified atom stereocenters. The molecule has 0 saturated carbocycles. The first-order valence-corrected chi connectivity index (χ1v) is 4.31. The van der Waals surface area contributed by atoms with Gasteiger partial charge in [-0.15, -0.1) is 0 Å². The van der Waals surface area contributed by atoms with Gasteiger partial charge in [0.2, 0.25) is 0 Å². The lowest BCUT2D eigenvalue weighted by atomic mass is 10.5. The second kappa shape index (κ2) is 7.76. The van der Waals surface area contributed by atoms with Crippen molar-refractivity contribution in [3.8, 4) is 0 Å². The SMILES string of the molecule is C=CC(=O)OCCNCCN(C)C. The molecule has 0 spiro atoms. The summed E-state index contributed by atoms with van der Waals surface area (Å²) in [4.78, 5) is 12.7. The summed E-state index contributed by atoms with van der Waals surface area (Å²) in [7, 11) is 4.03. The van der Waals surface area contributed by atoms with Crippen molar-refractivity contribution < 1.29 is 9.53 Å². The minimum absolute atomic E-state index is 0.366. The summed E-state index contributed by atoms with van der Waals surface area (Å²) < 4.78 is 4.77. The molecule has 4 heteroatoms. The molecule has 0 aromatic rings. The number of nitrogens with one attached hydrogen (secondary N) is 1. The Morgan fingerprint density at radius 1 is 1.54 bits per heavy atom. The molecule has 0 aliphatic carbocycles. The molecular weight excluding hydrogens is 168 g/mol. The van der Waals surface area contributed by atoms with Crippen LogP contribution in [0.4, 0.5) is 0 Å². The Morgan fingerprint density at radius 2 is 2.23 bits per heavy atom. The number of ether oxygens (including phenoxy) is 1. The summed E-state index contributed by atoms with van der Waals surface area (Å²) in [6.45, 7) is 6.27. The van der Waals surface area contributed by atoms with E-state index in [9.17, 15) is 4.79 Å². The van der Waals surface area contributed by atoms with Gasteiger partial charge in [0.1, 0.15) is 6.61 Å². The number of likely N-dealkylation sites (N-methyl/N-ethyl adjacent to an activating group) is 1. The smallest absolute Gasteiger partial charge is 0.330 e. The van der Waals surface area contributed by atoms with Gasteiger partial charge in [0.05, 0.1) is 0 Å². The van der Waals surface area contributed by atoms with E-state index in [1.54, 1.807) is 0 Å². The molecule has 0 saturated heterocycles. The molecule has 0 amide bonds. The number of hydrogen-bond donors (Lipinski definition) is 1. The third-order valence-corrected chi connectivity index (χ3v) is 1.43. The van der Waals surface area contributed by atoms with Crippen molar-refractivity contribution in [2.75, 3.05) is 40.3 Å². The van der Waals surface area contributed by atoms with Crippen LogP contribution >= 0.6 is 0 Å². The van der Waals surface area contributed by atoms with Crippen LogP contribution in [-0.4, -0.2) is 51.2 Å². The van der Waals surface area contributed by atoms with Crippen LogP contribution in [0.3, 0.4) is 0 Å². The van der Waals surface area contributed by atoms with E-state index in [0.29, 0.717) is 13.2 Å². The van der Waals surface area contributed by atoms with Crippen molar-refractivity contribution in [1.82, 2.24) is 10.2 Å². The van der Waals surface area contributed by atoms with Crippen molar-refractivity contribution in [3.05, 3.63) is 12.7 Å². The Labute approximate surface area is 79.6 Å². The standard InChI is InChI=1S/C9H18N2O2/c1-4-9(12)13-8-6-10-5-7-11(2)3/h4,10H,1,5-8H2,2-3H3. The fourth-order valence-corrected chi connectivity index (χ4v) is 0.710. The average Bonchev–Trinajstić information content (AvgIpc) is 2.10. The summed E-state index contributed by atoms with van der Waals surface area (Å²) in [5.41, 5.74) is 0. The van der Waals surface area contributed by atoms with Crippen molar-refractivity contribution in [2.45, 2.75) is 0 Å². The quantitative estimate of drug-likeness (QED) is 0.341. The fraction of sp³-hybridized carbons (Fsp3) is 0.667. The zero-order chi connectivity index (χ0) is 10.1. The van der Waals surface area contributed by atoms with Gasteiger partial charge in [0.25, 0.3) is 0 Å². The molecule has 0 aromatic heterocycles. The summed E-state index contributed by atoms with van der Waals surface area (Å²) in [6.07, 6.45) is 1.17. The van der Waals surface area contributed by atoms with Gasteiger partial charge in [-0.25, -0.2) is 4.79 Å². The Kier molecular flexibility index (Phi) is 7.24. The van der Waals surface area contributed by atoms with Gasteiger partial charge in [0, 0.05) is 25.7 Å². The number of carbonyl (C=O) groups excluding carboxylic acids is 1. The molecule has 0 aliphatic rings. The van der Waals surface area contributed by atoms with Crippen LogP contribution in [0, 0.1) is 0 Å². The largest absolute Gasteiger partial charge is 0.461 e. The van der Waals surface area contributed by atoms with Crippen molar-refractivity contribution >= 4 is 5.97 Å². The predicted octanol–water partition coefficient (Wildman–Crippen LogP) is -0.133. The first-order chi connectivity index (χ1) is 6.16. The number of hydrogen-bond acceptors (Lipinski definition) is 4. The lowest BCUT2D eigenvalue weighted by molar-refractivity contribution is -0.137. The van der Waals surface area contributed by atoms with Gasteiger partial charge >= 0.3 is 5.97 Å². The third-order valence-electron chi connectivity index (χ3n) is 1.43. The van der Waals surface area contributed by atoms with E-state index >= 15 is 0 Å². The van der Waals surface area contributed by atoms with Crippen LogP contribution < -0.4 is 5.32 Å². The second-order valence-electron chi connectivity index (χ2n) is 2.92. The number of esters is 1. The van der Waals surface area contributed by atoms with Crippen molar-refractivity contribution in [3.63, 3.8) is 0 Å². The monoisotopic (exact) mass is 186 g/mol. The molecule has 0 aliphatic heterocycles. The fourth-order valence-electron chi connectivity index (χ4n) is 0.710. The minimum atomic E-state index is -0.366. The highest BCUT2D eigenvalue weighted by molar-refractivity contribution is 5.81. The Balaban J connectivity index is 3.08. The van der Waals surface area contributed by atoms with Gasteiger partial charge in [-0.05, 0) is 14.1 Å². The molecule has 0 aromatic carbocycles. The van der Waals surface area contributed by atoms with E-state index in [4.69, 9.17) is 4.74 Å². The highest BCUT2D eigenvalue weighted by atomic mass is 16.5. The van der Waals surface area contributed by atoms with Crippen LogP contribution in [0.1, 0.15) is 0 Å². The van der Waals surface area contributed by atoms with Gasteiger partial charge in [-0.3, -0.25) is 0 Å². The van der Waals surface area contributed by atoms with Crippen LogP contribution in [0.2, 0.25) is 0 Å². The molecule has 76 valence electrons. The van der Waals surface area contributed by atoms with E-state index in [0.717, 1.165) is 13.1 Å². The Bertz CT molecular complexity index is 158. The van der Waals surface area contributed by atoms with Gasteiger partial charge in [0.15, 0.2) is 0 Å². The van der Waals surface area contributed by atoms with Crippen molar-refractivity contribution in [1.29, 1.82) is 0 Å². The first kappa shape index (κ1) is 12.1. The number of rotatable bonds is 7. The van der Waals surface area contributed by atoms with Gasteiger partial charge in [-0.2, -0.15) is 0 Å². The number of carbonyl (C=O) groups is 1. The van der Waals surface area contributed by atoms with Crippen LogP contribution in [0.5, 0.6) is 0 Å². The van der Waals surface area contributed by atoms with E-state index in [1.807, 2.05) is 14.1 Å². The van der Waals surface area contributed by atoms with Gasteiger partial charge < -0.3 is 15.0 Å². The van der Waals surface area contributed by atoms with Crippen LogP contribution in [0.25, 0.3) is 0 Å².